The Morgan fingerprint density at radius 3 is 2.50 bits per heavy atom. The Morgan fingerprint density at radius 2 is 2.00 bits per heavy atom. The minimum atomic E-state index is 0.291. The molecule has 1 atom stereocenters. The van der Waals surface area contributed by atoms with Gasteiger partial charge in [-0.1, -0.05) is 39.3 Å². The molecule has 1 N–H and O–H groups in total. The van der Waals surface area contributed by atoms with Crippen molar-refractivity contribution < 1.29 is 0 Å². The number of anilines is 1. The maximum Gasteiger partial charge on any atom is 0.134 e. The summed E-state index contributed by atoms with van der Waals surface area (Å²) >= 11 is 5.86. The van der Waals surface area contributed by atoms with Gasteiger partial charge in [0.2, 0.25) is 0 Å². The number of halogens is 1. The number of hydrogen-bond donors (Lipinski definition) is 1. The van der Waals surface area contributed by atoms with Crippen LogP contribution in [-0.2, 0) is 0 Å². The zero-order valence-electron chi connectivity index (χ0n) is 10.6. The van der Waals surface area contributed by atoms with E-state index in [9.17, 15) is 0 Å². The lowest BCUT2D eigenvalue weighted by Crippen LogP contribution is -2.25. The number of aryl methyl sites for hydroxylation is 1. The number of nitrogens with one attached hydrogen (secondary N) is 1. The zero-order chi connectivity index (χ0) is 12.3. The molecule has 1 aromatic rings. The molecule has 3 nitrogen and oxygen atoms in total. The second kappa shape index (κ2) is 5.00. The van der Waals surface area contributed by atoms with Gasteiger partial charge in [-0.2, -0.15) is 0 Å². The maximum atomic E-state index is 5.86. The summed E-state index contributed by atoms with van der Waals surface area (Å²) in [7, 11) is 0. The molecule has 0 radical (unpaired) electrons. The molecular weight excluding hydrogens is 222 g/mol. The van der Waals surface area contributed by atoms with E-state index in [1.54, 1.807) is 6.07 Å². The third-order valence-corrected chi connectivity index (χ3v) is 3.07. The van der Waals surface area contributed by atoms with Crippen molar-refractivity contribution in [2.75, 3.05) is 11.9 Å². The second-order valence-corrected chi connectivity index (χ2v) is 5.66. The van der Waals surface area contributed by atoms with Crippen LogP contribution in [0.5, 0.6) is 0 Å². The highest BCUT2D eigenvalue weighted by Gasteiger charge is 2.19. The van der Waals surface area contributed by atoms with Gasteiger partial charge in [-0.05, 0) is 18.3 Å². The highest BCUT2D eigenvalue weighted by molar-refractivity contribution is 6.29. The van der Waals surface area contributed by atoms with E-state index in [1.165, 1.54) is 0 Å². The van der Waals surface area contributed by atoms with Crippen LogP contribution in [0.25, 0.3) is 0 Å². The Labute approximate surface area is 103 Å². The summed E-state index contributed by atoms with van der Waals surface area (Å²) in [6, 6.07) is 1.75. The molecule has 1 aromatic heterocycles. The lowest BCUT2D eigenvalue weighted by molar-refractivity contribution is 0.274. The Hall–Kier alpha value is -0.830. The summed E-state index contributed by atoms with van der Waals surface area (Å²) in [4.78, 5) is 8.31. The van der Waals surface area contributed by atoms with Gasteiger partial charge in [0.25, 0.3) is 0 Å². The number of nitrogens with zero attached hydrogens (tertiary/aromatic N) is 2. The molecular formula is C12H20ClN3. The van der Waals surface area contributed by atoms with Gasteiger partial charge in [-0.25, -0.2) is 9.97 Å². The van der Waals surface area contributed by atoms with Crippen LogP contribution in [0.1, 0.15) is 33.5 Å². The van der Waals surface area contributed by atoms with Gasteiger partial charge in [0.15, 0.2) is 0 Å². The molecule has 0 saturated heterocycles. The molecule has 0 spiro atoms. The van der Waals surface area contributed by atoms with Gasteiger partial charge in [-0.3, -0.25) is 0 Å². The standard InChI is InChI=1S/C12H20ClN3/c1-8(12(3,4)5)7-14-11-6-10(13)15-9(2)16-11/h6,8H,7H2,1-5H3,(H,14,15,16). The third kappa shape index (κ3) is 3.97. The molecule has 0 aliphatic carbocycles. The normalized spacial score (nSPS) is 13.6. The largest absolute Gasteiger partial charge is 0.370 e. The van der Waals surface area contributed by atoms with E-state index in [0.717, 1.165) is 12.4 Å². The van der Waals surface area contributed by atoms with Gasteiger partial charge < -0.3 is 5.32 Å². The van der Waals surface area contributed by atoms with E-state index in [-0.39, 0.29) is 0 Å². The molecule has 1 heterocycles. The average Bonchev–Trinajstić information content (AvgIpc) is 2.11. The number of aromatic nitrogens is 2. The summed E-state index contributed by atoms with van der Waals surface area (Å²) in [5.41, 5.74) is 0.291. The Bertz CT molecular complexity index is 338. The Balaban J connectivity index is 2.61. The lowest BCUT2D eigenvalue weighted by Gasteiger charge is -2.27. The van der Waals surface area contributed by atoms with Gasteiger partial charge >= 0.3 is 0 Å². The maximum absolute atomic E-state index is 5.86. The minimum Gasteiger partial charge on any atom is -0.370 e. The van der Waals surface area contributed by atoms with Crippen molar-refractivity contribution in [3.05, 3.63) is 17.0 Å². The van der Waals surface area contributed by atoms with Crippen molar-refractivity contribution in [1.82, 2.24) is 9.97 Å². The van der Waals surface area contributed by atoms with E-state index < -0.39 is 0 Å². The third-order valence-electron chi connectivity index (χ3n) is 2.87. The van der Waals surface area contributed by atoms with Crippen LogP contribution in [-0.4, -0.2) is 16.5 Å². The first-order valence-electron chi connectivity index (χ1n) is 5.54. The first kappa shape index (κ1) is 13.2. The lowest BCUT2D eigenvalue weighted by atomic mass is 9.82. The van der Waals surface area contributed by atoms with Crippen molar-refractivity contribution >= 4 is 17.4 Å². The molecule has 0 aliphatic rings. The van der Waals surface area contributed by atoms with Gasteiger partial charge in [-0.15, -0.1) is 0 Å². The van der Waals surface area contributed by atoms with Gasteiger partial charge in [0, 0.05) is 12.6 Å². The second-order valence-electron chi connectivity index (χ2n) is 5.27. The average molecular weight is 242 g/mol. The van der Waals surface area contributed by atoms with Crippen molar-refractivity contribution in [3.63, 3.8) is 0 Å². The van der Waals surface area contributed by atoms with Gasteiger partial charge in [0.1, 0.15) is 16.8 Å². The first-order valence-corrected chi connectivity index (χ1v) is 5.92. The predicted octanol–water partition coefficient (Wildman–Crippen LogP) is 3.53. The van der Waals surface area contributed by atoms with Crippen LogP contribution < -0.4 is 5.32 Å². The smallest absolute Gasteiger partial charge is 0.134 e. The summed E-state index contributed by atoms with van der Waals surface area (Å²) in [6.07, 6.45) is 0. The minimum absolute atomic E-state index is 0.291. The molecule has 0 bridgehead atoms. The van der Waals surface area contributed by atoms with E-state index >= 15 is 0 Å². The van der Waals surface area contributed by atoms with Crippen LogP contribution in [0.3, 0.4) is 0 Å². The van der Waals surface area contributed by atoms with E-state index in [4.69, 9.17) is 11.6 Å². The molecule has 0 aromatic carbocycles. The molecule has 1 rings (SSSR count). The molecule has 16 heavy (non-hydrogen) atoms. The van der Waals surface area contributed by atoms with Crippen molar-refractivity contribution in [2.45, 2.75) is 34.6 Å². The topological polar surface area (TPSA) is 37.8 Å². The highest BCUT2D eigenvalue weighted by atomic mass is 35.5. The molecule has 0 aliphatic heterocycles. The predicted molar refractivity (Wildman–Crippen MR) is 68.9 cm³/mol. The van der Waals surface area contributed by atoms with Crippen LogP contribution in [0.2, 0.25) is 5.15 Å². The monoisotopic (exact) mass is 241 g/mol. The Kier molecular flexibility index (Phi) is 4.14. The van der Waals surface area contributed by atoms with E-state index in [0.29, 0.717) is 22.3 Å². The van der Waals surface area contributed by atoms with Crippen LogP contribution in [0.15, 0.2) is 6.07 Å². The fraction of sp³-hybridized carbons (Fsp3) is 0.667. The SMILES string of the molecule is Cc1nc(Cl)cc(NCC(C)C(C)(C)C)n1. The summed E-state index contributed by atoms with van der Waals surface area (Å²) in [5.74, 6) is 2.05. The Morgan fingerprint density at radius 1 is 1.38 bits per heavy atom. The van der Waals surface area contributed by atoms with Crippen molar-refractivity contribution in [1.29, 1.82) is 0 Å². The van der Waals surface area contributed by atoms with Gasteiger partial charge in [0.05, 0.1) is 0 Å². The fourth-order valence-corrected chi connectivity index (χ4v) is 1.41. The van der Waals surface area contributed by atoms with E-state index in [1.807, 2.05) is 6.92 Å². The van der Waals surface area contributed by atoms with Crippen LogP contribution >= 0.6 is 11.6 Å². The quantitative estimate of drug-likeness (QED) is 0.823. The molecule has 0 amide bonds. The highest BCUT2D eigenvalue weighted by Crippen LogP contribution is 2.25. The number of rotatable bonds is 3. The van der Waals surface area contributed by atoms with Crippen LogP contribution in [0.4, 0.5) is 5.82 Å². The molecule has 4 heteroatoms. The molecule has 90 valence electrons. The summed E-state index contributed by atoms with van der Waals surface area (Å²) in [5, 5.41) is 3.78. The molecule has 1 unspecified atom stereocenters. The van der Waals surface area contributed by atoms with Crippen LogP contribution in [0, 0.1) is 18.3 Å². The number of hydrogen-bond acceptors (Lipinski definition) is 3. The summed E-state index contributed by atoms with van der Waals surface area (Å²) in [6.45, 7) is 11.6. The summed E-state index contributed by atoms with van der Waals surface area (Å²) < 4.78 is 0. The zero-order valence-corrected chi connectivity index (χ0v) is 11.4. The fourth-order valence-electron chi connectivity index (χ4n) is 1.19. The molecule has 0 saturated carbocycles. The van der Waals surface area contributed by atoms with Crippen molar-refractivity contribution in [3.8, 4) is 0 Å². The van der Waals surface area contributed by atoms with E-state index in [2.05, 4.69) is 43.0 Å². The van der Waals surface area contributed by atoms with Crippen molar-refractivity contribution in [2.24, 2.45) is 11.3 Å². The first-order chi connectivity index (χ1) is 7.29. The molecule has 0 fully saturated rings.